The highest BCUT2D eigenvalue weighted by atomic mass is 32.2. The molecule has 0 unspecified atom stereocenters. The lowest BCUT2D eigenvalue weighted by Gasteiger charge is -2.22. The van der Waals surface area contributed by atoms with Crippen molar-refractivity contribution in [2.24, 2.45) is 5.73 Å². The maximum absolute atomic E-state index is 12.0. The molecule has 1 aromatic carbocycles. The van der Waals surface area contributed by atoms with Crippen molar-refractivity contribution >= 4 is 39.9 Å². The summed E-state index contributed by atoms with van der Waals surface area (Å²) in [5.74, 6) is 0.0382. The fraction of sp³-hybridized carbons (Fsp3) is 0.294. The predicted molar refractivity (Wildman–Crippen MR) is 98.3 cm³/mol. The molecule has 1 aliphatic rings. The maximum Gasteiger partial charge on any atom is 0.252 e. The minimum atomic E-state index is -0.514. The highest BCUT2D eigenvalue weighted by Gasteiger charge is 2.30. The van der Waals surface area contributed by atoms with Gasteiger partial charge in [-0.05, 0) is 42.4 Å². The van der Waals surface area contributed by atoms with Gasteiger partial charge in [0.1, 0.15) is 10.8 Å². The Morgan fingerprint density at radius 2 is 2.00 bits per heavy atom. The molecular weight excluding hydrogens is 344 g/mol. The molecule has 24 heavy (non-hydrogen) atoms. The third-order valence-corrected chi connectivity index (χ3v) is 6.05. The van der Waals surface area contributed by atoms with Crippen molar-refractivity contribution in [2.45, 2.75) is 24.7 Å². The zero-order chi connectivity index (χ0) is 17.4. The van der Waals surface area contributed by atoms with E-state index in [-0.39, 0.29) is 5.91 Å². The van der Waals surface area contributed by atoms with Crippen LogP contribution in [0.25, 0.3) is 10.4 Å². The van der Waals surface area contributed by atoms with Gasteiger partial charge in [0.25, 0.3) is 5.91 Å². The number of primary amides is 1. The van der Waals surface area contributed by atoms with Crippen LogP contribution < -0.4 is 15.8 Å². The molecule has 0 saturated heterocycles. The van der Waals surface area contributed by atoms with E-state index < -0.39 is 5.91 Å². The smallest absolute Gasteiger partial charge is 0.252 e. The Balaban J connectivity index is 2.29. The van der Waals surface area contributed by atoms with Gasteiger partial charge < -0.3 is 15.8 Å². The van der Waals surface area contributed by atoms with Crippen molar-refractivity contribution < 1.29 is 14.3 Å². The normalized spacial score (nSPS) is 12.3. The first-order chi connectivity index (χ1) is 11.5. The molecule has 5 nitrogen and oxygen atoms in total. The van der Waals surface area contributed by atoms with E-state index >= 15 is 0 Å². The van der Waals surface area contributed by atoms with Crippen LogP contribution in [0.1, 0.15) is 28.4 Å². The molecule has 0 spiro atoms. The summed E-state index contributed by atoms with van der Waals surface area (Å²) in [7, 11) is 1.64. The molecule has 0 radical (unpaired) electrons. The van der Waals surface area contributed by atoms with Crippen molar-refractivity contribution in [3.8, 4) is 16.2 Å². The summed E-state index contributed by atoms with van der Waals surface area (Å²) in [6, 6.07) is 4.01. The van der Waals surface area contributed by atoms with Gasteiger partial charge in [0.2, 0.25) is 5.91 Å². The Labute approximate surface area is 148 Å². The average Bonchev–Trinajstić information content (AvgIpc) is 2.90. The fourth-order valence-corrected chi connectivity index (χ4v) is 5.16. The largest absolute Gasteiger partial charge is 0.496 e. The van der Waals surface area contributed by atoms with E-state index in [1.165, 1.54) is 28.7 Å². The van der Waals surface area contributed by atoms with Gasteiger partial charge in [-0.25, -0.2) is 0 Å². The minimum Gasteiger partial charge on any atom is -0.496 e. The molecule has 2 amide bonds. The lowest BCUT2D eigenvalue weighted by molar-refractivity contribution is -0.114. The van der Waals surface area contributed by atoms with Crippen molar-refractivity contribution in [1.82, 2.24) is 0 Å². The van der Waals surface area contributed by atoms with Gasteiger partial charge in [0, 0.05) is 22.3 Å². The number of nitrogens with two attached hydrogens (primary N) is 1. The first-order valence-electron chi connectivity index (χ1n) is 7.45. The van der Waals surface area contributed by atoms with Gasteiger partial charge in [-0.3, -0.25) is 9.59 Å². The van der Waals surface area contributed by atoms with Gasteiger partial charge >= 0.3 is 0 Å². The lowest BCUT2D eigenvalue weighted by Crippen LogP contribution is -2.17. The van der Waals surface area contributed by atoms with E-state index in [4.69, 9.17) is 10.5 Å². The number of fused-ring (bicyclic) bond motifs is 3. The SMILES string of the molecule is COc1ccc(SC)c2c1-c1sc(NC(C)=O)c(C(N)=O)c1CC2. The number of thioether (sulfide) groups is 1. The summed E-state index contributed by atoms with van der Waals surface area (Å²) in [5, 5.41) is 3.26. The lowest BCUT2D eigenvalue weighted by atomic mass is 9.88. The Hall–Kier alpha value is -1.99. The molecular formula is C17H18N2O3S2. The number of nitrogens with one attached hydrogen (secondary N) is 1. The number of anilines is 1. The van der Waals surface area contributed by atoms with Crippen LogP contribution in [0.2, 0.25) is 0 Å². The summed E-state index contributed by atoms with van der Waals surface area (Å²) < 4.78 is 5.55. The monoisotopic (exact) mass is 362 g/mol. The van der Waals surface area contributed by atoms with Crippen molar-refractivity contribution in [2.75, 3.05) is 18.7 Å². The summed E-state index contributed by atoms with van der Waals surface area (Å²) in [6.07, 6.45) is 3.58. The Bertz CT molecular complexity index is 843. The number of ether oxygens (including phenoxy) is 1. The predicted octanol–water partition coefficient (Wildman–Crippen LogP) is 3.30. The van der Waals surface area contributed by atoms with Crippen LogP contribution in [0.4, 0.5) is 5.00 Å². The first-order valence-corrected chi connectivity index (χ1v) is 9.49. The third kappa shape index (κ3) is 2.67. The molecule has 3 rings (SSSR count). The number of benzene rings is 1. The van der Waals surface area contributed by atoms with E-state index in [1.807, 2.05) is 12.3 Å². The molecule has 2 aromatic rings. The van der Waals surface area contributed by atoms with Crippen LogP contribution in [0, 0.1) is 0 Å². The molecule has 126 valence electrons. The zero-order valence-electron chi connectivity index (χ0n) is 13.7. The van der Waals surface area contributed by atoms with Gasteiger partial charge in [-0.1, -0.05) is 0 Å². The van der Waals surface area contributed by atoms with Crippen LogP contribution in [-0.4, -0.2) is 25.2 Å². The molecule has 1 aliphatic carbocycles. The summed E-state index contributed by atoms with van der Waals surface area (Å²) in [5.41, 5.74) is 9.15. The molecule has 0 aliphatic heterocycles. The fourth-order valence-electron chi connectivity index (χ4n) is 3.13. The average molecular weight is 362 g/mol. The van der Waals surface area contributed by atoms with E-state index in [9.17, 15) is 9.59 Å². The number of amides is 2. The van der Waals surface area contributed by atoms with Gasteiger partial charge in [0.05, 0.1) is 12.7 Å². The zero-order valence-corrected chi connectivity index (χ0v) is 15.3. The number of hydrogen-bond donors (Lipinski definition) is 2. The molecule has 0 bridgehead atoms. The van der Waals surface area contributed by atoms with E-state index in [2.05, 4.69) is 11.4 Å². The quantitative estimate of drug-likeness (QED) is 0.818. The number of thiophene rings is 1. The highest BCUT2D eigenvalue weighted by Crippen LogP contribution is 2.50. The number of methoxy groups -OCH3 is 1. The third-order valence-electron chi connectivity index (χ3n) is 4.07. The highest BCUT2D eigenvalue weighted by molar-refractivity contribution is 7.98. The molecule has 0 atom stereocenters. The Morgan fingerprint density at radius 3 is 2.58 bits per heavy atom. The van der Waals surface area contributed by atoms with Crippen LogP contribution in [0.15, 0.2) is 17.0 Å². The minimum absolute atomic E-state index is 0.221. The van der Waals surface area contributed by atoms with E-state index in [1.54, 1.807) is 18.9 Å². The second kappa shape index (κ2) is 6.49. The van der Waals surface area contributed by atoms with Gasteiger partial charge in [0.15, 0.2) is 0 Å². The van der Waals surface area contributed by atoms with Crippen LogP contribution in [-0.2, 0) is 17.6 Å². The van der Waals surface area contributed by atoms with Gasteiger partial charge in [-0.15, -0.1) is 23.1 Å². The Kier molecular flexibility index (Phi) is 4.56. The van der Waals surface area contributed by atoms with E-state index in [0.717, 1.165) is 34.6 Å². The second-order valence-electron chi connectivity index (χ2n) is 5.48. The van der Waals surface area contributed by atoms with Crippen molar-refractivity contribution in [1.29, 1.82) is 0 Å². The molecule has 1 heterocycles. The van der Waals surface area contributed by atoms with Gasteiger partial charge in [-0.2, -0.15) is 0 Å². The number of rotatable bonds is 4. The van der Waals surface area contributed by atoms with Crippen LogP contribution in [0.3, 0.4) is 0 Å². The maximum atomic E-state index is 12.0. The topological polar surface area (TPSA) is 81.4 Å². The van der Waals surface area contributed by atoms with Crippen molar-refractivity contribution in [3.63, 3.8) is 0 Å². The van der Waals surface area contributed by atoms with Crippen LogP contribution in [0.5, 0.6) is 5.75 Å². The molecule has 0 fully saturated rings. The van der Waals surface area contributed by atoms with Crippen LogP contribution >= 0.6 is 23.1 Å². The Morgan fingerprint density at radius 1 is 1.29 bits per heavy atom. The second-order valence-corrected chi connectivity index (χ2v) is 7.35. The standard InChI is InChI=1S/C17H18N2O3S2/c1-8(20)19-17-14(16(18)21)10-5-4-9-12(23-3)7-6-11(22-2)13(9)15(10)24-17/h6-7H,4-5H2,1-3H3,(H2,18,21)(H,19,20). The summed E-state index contributed by atoms with van der Waals surface area (Å²) >= 11 is 3.08. The molecule has 7 heteroatoms. The van der Waals surface area contributed by atoms with Crippen molar-refractivity contribution in [3.05, 3.63) is 28.8 Å². The summed E-state index contributed by atoms with van der Waals surface area (Å²) in [6.45, 7) is 1.42. The molecule has 1 aromatic heterocycles. The number of carbonyl (C=O) groups excluding carboxylic acids is 2. The summed E-state index contributed by atoms with van der Waals surface area (Å²) in [4.78, 5) is 25.6. The molecule has 3 N–H and O–H groups in total. The number of carbonyl (C=O) groups is 2. The first kappa shape index (κ1) is 16.9. The number of hydrogen-bond acceptors (Lipinski definition) is 5. The molecule has 0 saturated carbocycles. The van der Waals surface area contributed by atoms with E-state index in [0.29, 0.717) is 10.6 Å².